The molecule has 3 heteroatoms. The molecule has 0 radical (unpaired) electrons. The van der Waals surface area contributed by atoms with Crippen molar-refractivity contribution in [1.29, 1.82) is 0 Å². The summed E-state index contributed by atoms with van der Waals surface area (Å²) in [6.45, 7) is 2.49. The van der Waals surface area contributed by atoms with E-state index in [1.54, 1.807) is 0 Å². The fourth-order valence-corrected chi connectivity index (χ4v) is 2.28. The van der Waals surface area contributed by atoms with Crippen molar-refractivity contribution >= 4 is 0 Å². The highest BCUT2D eigenvalue weighted by Crippen LogP contribution is 2.19. The third kappa shape index (κ3) is 3.72. The van der Waals surface area contributed by atoms with Gasteiger partial charge in [-0.3, -0.25) is 0 Å². The molecule has 1 N–H and O–H groups in total. The predicted molar refractivity (Wildman–Crippen MR) is 68.3 cm³/mol. The van der Waals surface area contributed by atoms with E-state index in [2.05, 4.69) is 5.32 Å². The van der Waals surface area contributed by atoms with Gasteiger partial charge in [0.2, 0.25) is 0 Å². The SMILES string of the molecule is CNC(COc1ccccc1)C1CCOCC1. The van der Waals surface area contributed by atoms with E-state index in [0.29, 0.717) is 12.0 Å². The first kappa shape index (κ1) is 12.4. The first-order valence-corrected chi connectivity index (χ1v) is 6.33. The second-order valence-corrected chi connectivity index (χ2v) is 4.47. The van der Waals surface area contributed by atoms with Crippen LogP contribution >= 0.6 is 0 Å². The third-order valence-electron chi connectivity index (χ3n) is 3.38. The van der Waals surface area contributed by atoms with Crippen molar-refractivity contribution in [1.82, 2.24) is 5.32 Å². The molecular weight excluding hydrogens is 214 g/mol. The van der Waals surface area contributed by atoms with E-state index < -0.39 is 0 Å². The van der Waals surface area contributed by atoms with Crippen LogP contribution in [-0.2, 0) is 4.74 Å². The lowest BCUT2D eigenvalue weighted by atomic mass is 9.92. The van der Waals surface area contributed by atoms with Crippen molar-refractivity contribution in [2.24, 2.45) is 5.92 Å². The molecule has 94 valence electrons. The number of likely N-dealkylation sites (N-methyl/N-ethyl adjacent to an activating group) is 1. The minimum Gasteiger partial charge on any atom is -0.492 e. The molecule has 0 aliphatic carbocycles. The molecule has 0 amide bonds. The second-order valence-electron chi connectivity index (χ2n) is 4.47. The van der Waals surface area contributed by atoms with Crippen LogP contribution in [0.4, 0.5) is 0 Å². The Morgan fingerprint density at radius 2 is 2.00 bits per heavy atom. The van der Waals surface area contributed by atoms with Crippen LogP contribution < -0.4 is 10.1 Å². The van der Waals surface area contributed by atoms with Crippen molar-refractivity contribution in [3.8, 4) is 5.75 Å². The molecule has 0 spiro atoms. The number of nitrogens with one attached hydrogen (secondary N) is 1. The minimum atomic E-state index is 0.416. The van der Waals surface area contributed by atoms with Crippen LogP contribution in [-0.4, -0.2) is 32.9 Å². The molecule has 0 bridgehead atoms. The van der Waals surface area contributed by atoms with Crippen LogP contribution in [0.5, 0.6) is 5.75 Å². The Labute approximate surface area is 103 Å². The molecule has 1 aromatic carbocycles. The lowest BCUT2D eigenvalue weighted by molar-refractivity contribution is 0.0473. The summed E-state index contributed by atoms with van der Waals surface area (Å²) in [6.07, 6.45) is 2.26. The summed E-state index contributed by atoms with van der Waals surface area (Å²) in [5.41, 5.74) is 0. The monoisotopic (exact) mass is 235 g/mol. The number of hydrogen-bond donors (Lipinski definition) is 1. The highest BCUT2D eigenvalue weighted by Gasteiger charge is 2.23. The average molecular weight is 235 g/mol. The van der Waals surface area contributed by atoms with Crippen LogP contribution in [0.15, 0.2) is 30.3 Å². The molecule has 1 unspecified atom stereocenters. The van der Waals surface area contributed by atoms with Crippen LogP contribution in [0.1, 0.15) is 12.8 Å². The van der Waals surface area contributed by atoms with E-state index in [0.717, 1.165) is 38.4 Å². The summed E-state index contributed by atoms with van der Waals surface area (Å²) < 4.78 is 11.2. The molecule has 1 atom stereocenters. The van der Waals surface area contributed by atoms with E-state index in [1.807, 2.05) is 37.4 Å². The lowest BCUT2D eigenvalue weighted by Gasteiger charge is -2.29. The summed E-state index contributed by atoms with van der Waals surface area (Å²) in [5, 5.41) is 3.36. The molecule has 17 heavy (non-hydrogen) atoms. The van der Waals surface area contributed by atoms with Gasteiger partial charge in [0.25, 0.3) is 0 Å². The number of rotatable bonds is 5. The Balaban J connectivity index is 1.82. The number of para-hydroxylation sites is 1. The zero-order valence-corrected chi connectivity index (χ0v) is 10.4. The highest BCUT2D eigenvalue weighted by molar-refractivity contribution is 5.20. The maximum absolute atomic E-state index is 5.81. The van der Waals surface area contributed by atoms with Gasteiger partial charge < -0.3 is 14.8 Å². The van der Waals surface area contributed by atoms with Crippen molar-refractivity contribution in [3.05, 3.63) is 30.3 Å². The molecular formula is C14H21NO2. The van der Waals surface area contributed by atoms with Gasteiger partial charge in [0.05, 0.1) is 0 Å². The summed E-state index contributed by atoms with van der Waals surface area (Å²) in [5.74, 6) is 1.61. The fourth-order valence-electron chi connectivity index (χ4n) is 2.28. The van der Waals surface area contributed by atoms with E-state index in [-0.39, 0.29) is 0 Å². The van der Waals surface area contributed by atoms with Crippen LogP contribution in [0.25, 0.3) is 0 Å². The van der Waals surface area contributed by atoms with Gasteiger partial charge in [-0.15, -0.1) is 0 Å². The van der Waals surface area contributed by atoms with E-state index in [1.165, 1.54) is 0 Å². The normalized spacial score (nSPS) is 18.9. The van der Waals surface area contributed by atoms with E-state index >= 15 is 0 Å². The van der Waals surface area contributed by atoms with Gasteiger partial charge in [-0.25, -0.2) is 0 Å². The van der Waals surface area contributed by atoms with Gasteiger partial charge in [0, 0.05) is 19.3 Å². The fraction of sp³-hybridized carbons (Fsp3) is 0.571. The molecule has 3 nitrogen and oxygen atoms in total. The molecule has 1 aliphatic heterocycles. The van der Waals surface area contributed by atoms with Gasteiger partial charge in [-0.1, -0.05) is 18.2 Å². The van der Waals surface area contributed by atoms with Gasteiger partial charge in [-0.05, 0) is 37.9 Å². The Morgan fingerprint density at radius 1 is 1.29 bits per heavy atom. The van der Waals surface area contributed by atoms with E-state index in [9.17, 15) is 0 Å². The summed E-state index contributed by atoms with van der Waals surface area (Å²) in [7, 11) is 2.01. The van der Waals surface area contributed by atoms with Crippen molar-refractivity contribution in [2.75, 3.05) is 26.9 Å². The standard InChI is InChI=1S/C14H21NO2/c1-15-14(12-7-9-16-10-8-12)11-17-13-5-3-2-4-6-13/h2-6,12,14-15H,7-11H2,1H3. The Bertz CT molecular complexity index is 309. The van der Waals surface area contributed by atoms with Crippen molar-refractivity contribution in [2.45, 2.75) is 18.9 Å². The number of ether oxygens (including phenoxy) is 2. The molecule has 1 aromatic rings. The zero-order chi connectivity index (χ0) is 11.9. The lowest BCUT2D eigenvalue weighted by Crippen LogP contribution is -2.41. The summed E-state index contributed by atoms with van der Waals surface area (Å²) >= 11 is 0. The average Bonchev–Trinajstić information content (AvgIpc) is 2.42. The Hall–Kier alpha value is -1.06. The van der Waals surface area contributed by atoms with Gasteiger partial charge >= 0.3 is 0 Å². The Kier molecular flexibility index (Phi) is 4.83. The Morgan fingerprint density at radius 3 is 2.65 bits per heavy atom. The summed E-state index contributed by atoms with van der Waals surface area (Å²) in [4.78, 5) is 0. The second kappa shape index (κ2) is 6.62. The largest absolute Gasteiger partial charge is 0.492 e. The van der Waals surface area contributed by atoms with Gasteiger partial charge in [0.1, 0.15) is 12.4 Å². The number of benzene rings is 1. The molecule has 0 aromatic heterocycles. The van der Waals surface area contributed by atoms with Crippen molar-refractivity contribution in [3.63, 3.8) is 0 Å². The van der Waals surface area contributed by atoms with Crippen LogP contribution in [0, 0.1) is 5.92 Å². The first-order valence-electron chi connectivity index (χ1n) is 6.33. The predicted octanol–water partition coefficient (Wildman–Crippen LogP) is 2.08. The molecule has 1 fully saturated rings. The molecule has 1 saturated heterocycles. The maximum atomic E-state index is 5.81. The summed E-state index contributed by atoms with van der Waals surface area (Å²) in [6, 6.07) is 10.4. The van der Waals surface area contributed by atoms with E-state index in [4.69, 9.17) is 9.47 Å². The molecule has 2 rings (SSSR count). The highest BCUT2D eigenvalue weighted by atomic mass is 16.5. The molecule has 1 aliphatic rings. The topological polar surface area (TPSA) is 30.5 Å². The quantitative estimate of drug-likeness (QED) is 0.847. The van der Waals surface area contributed by atoms with Gasteiger partial charge in [0.15, 0.2) is 0 Å². The van der Waals surface area contributed by atoms with Gasteiger partial charge in [-0.2, -0.15) is 0 Å². The van der Waals surface area contributed by atoms with Crippen LogP contribution in [0.3, 0.4) is 0 Å². The van der Waals surface area contributed by atoms with Crippen molar-refractivity contribution < 1.29 is 9.47 Å². The minimum absolute atomic E-state index is 0.416. The maximum Gasteiger partial charge on any atom is 0.119 e. The zero-order valence-electron chi connectivity index (χ0n) is 10.4. The van der Waals surface area contributed by atoms with Crippen LogP contribution in [0.2, 0.25) is 0 Å². The first-order chi connectivity index (χ1) is 8.40. The smallest absolute Gasteiger partial charge is 0.119 e. The number of hydrogen-bond acceptors (Lipinski definition) is 3. The molecule has 1 heterocycles. The molecule has 0 saturated carbocycles. The third-order valence-corrected chi connectivity index (χ3v) is 3.38.